The average molecular weight is 469 g/mol. The number of nitrogens with zero attached hydrogens (tertiary/aromatic N) is 1. The van der Waals surface area contributed by atoms with Gasteiger partial charge in [-0.05, 0) is 74.0 Å². The molecule has 7 nitrogen and oxygen atoms in total. The Morgan fingerprint density at radius 2 is 1.62 bits per heavy atom. The van der Waals surface area contributed by atoms with E-state index in [2.05, 4.69) is 16.0 Å². The molecule has 0 heterocycles. The fourth-order valence-corrected chi connectivity index (χ4v) is 3.13. The number of hydrogen-bond acceptors (Lipinski definition) is 3. The van der Waals surface area contributed by atoms with Crippen molar-refractivity contribution in [1.82, 2.24) is 5.32 Å². The van der Waals surface area contributed by atoms with Gasteiger partial charge >= 0.3 is 12.1 Å². The average Bonchev–Trinajstić information content (AvgIpc) is 2.83. The molecule has 3 aromatic rings. The number of urea groups is 2. The van der Waals surface area contributed by atoms with Gasteiger partial charge in [-0.3, -0.25) is 4.90 Å². The Morgan fingerprint density at radius 3 is 2.29 bits per heavy atom. The lowest BCUT2D eigenvalue weighted by Gasteiger charge is -2.23. The van der Waals surface area contributed by atoms with E-state index in [-0.39, 0.29) is 18.8 Å². The molecule has 178 valence electrons. The van der Waals surface area contributed by atoms with Crippen molar-refractivity contribution in [3.63, 3.8) is 0 Å². The molecule has 9 heteroatoms. The summed E-state index contributed by atoms with van der Waals surface area (Å²) in [6.45, 7) is 2.92. The summed E-state index contributed by atoms with van der Waals surface area (Å²) >= 11 is 0. The van der Waals surface area contributed by atoms with Crippen LogP contribution < -0.4 is 25.6 Å². The maximum atomic E-state index is 14.0. The summed E-state index contributed by atoms with van der Waals surface area (Å²) in [5, 5.41) is 7.97. The molecular weight excluding hydrogens is 442 g/mol. The molecule has 0 aliphatic heterocycles. The zero-order chi connectivity index (χ0) is 24.3. The number of carbonyl (C=O) groups is 2. The lowest BCUT2D eigenvalue weighted by Crippen LogP contribution is -2.38. The maximum absolute atomic E-state index is 14.0. The second-order valence-corrected chi connectivity index (χ2v) is 7.23. The first-order chi connectivity index (χ1) is 16.5. The number of nitrogens with one attached hydrogen (secondary N) is 3. The molecule has 34 heavy (non-hydrogen) atoms. The number of amides is 4. The molecule has 0 unspecified atom stereocenters. The van der Waals surface area contributed by atoms with Gasteiger partial charge in [-0.15, -0.1) is 0 Å². The fourth-order valence-electron chi connectivity index (χ4n) is 3.13. The minimum Gasteiger partial charge on any atom is -0.494 e. The maximum Gasteiger partial charge on any atom is 0.326 e. The Kier molecular flexibility index (Phi) is 8.79. The van der Waals surface area contributed by atoms with E-state index in [1.807, 2.05) is 6.92 Å². The second kappa shape index (κ2) is 12.2. The number of hydrogen-bond donors (Lipinski definition) is 3. The van der Waals surface area contributed by atoms with E-state index in [0.717, 1.165) is 0 Å². The van der Waals surface area contributed by atoms with Gasteiger partial charge in [0.05, 0.1) is 12.3 Å². The number of halogens is 2. The predicted octanol–water partition coefficient (Wildman–Crippen LogP) is 5.61. The molecule has 0 saturated carbocycles. The standard InChI is InChI=1S/C25H26F2N4O3/c1-2-34-21-14-10-19(11-15-21)29-24(32)28-16-5-17-31(20-12-8-18(26)9-13-20)25(33)30-23-7-4-3-6-22(23)27/h3-4,6-15H,2,5,16-17H2,1H3,(H,30,33)(H2,28,29,32). The smallest absolute Gasteiger partial charge is 0.326 e. The van der Waals surface area contributed by atoms with Crippen molar-refractivity contribution in [3.05, 3.63) is 84.4 Å². The molecule has 0 aromatic heterocycles. The van der Waals surface area contributed by atoms with Crippen LogP contribution in [0, 0.1) is 11.6 Å². The zero-order valence-electron chi connectivity index (χ0n) is 18.7. The van der Waals surface area contributed by atoms with E-state index in [4.69, 9.17) is 4.74 Å². The third-order valence-corrected chi connectivity index (χ3v) is 4.77. The minimum absolute atomic E-state index is 0.0347. The van der Waals surface area contributed by atoms with Crippen molar-refractivity contribution >= 4 is 29.1 Å². The van der Waals surface area contributed by atoms with E-state index >= 15 is 0 Å². The topological polar surface area (TPSA) is 82.7 Å². The van der Waals surface area contributed by atoms with Crippen molar-refractivity contribution in [2.75, 3.05) is 35.2 Å². The highest BCUT2D eigenvalue weighted by Gasteiger charge is 2.17. The van der Waals surface area contributed by atoms with Crippen LogP contribution in [-0.4, -0.2) is 31.8 Å². The monoisotopic (exact) mass is 468 g/mol. The number of benzene rings is 3. The van der Waals surface area contributed by atoms with Gasteiger partial charge in [0.1, 0.15) is 17.4 Å². The van der Waals surface area contributed by atoms with Crippen LogP contribution in [0.2, 0.25) is 0 Å². The van der Waals surface area contributed by atoms with Gasteiger partial charge in [-0.2, -0.15) is 0 Å². The SMILES string of the molecule is CCOc1ccc(NC(=O)NCCCN(C(=O)Nc2ccccc2F)c2ccc(F)cc2)cc1. The summed E-state index contributed by atoms with van der Waals surface area (Å²) in [5.41, 5.74) is 1.08. The summed E-state index contributed by atoms with van der Waals surface area (Å²) in [5.74, 6) is -0.295. The van der Waals surface area contributed by atoms with Crippen LogP contribution in [0.5, 0.6) is 5.75 Å². The van der Waals surface area contributed by atoms with Crippen LogP contribution in [0.4, 0.5) is 35.4 Å². The van der Waals surface area contributed by atoms with E-state index < -0.39 is 23.7 Å². The molecule has 0 spiro atoms. The van der Waals surface area contributed by atoms with Crippen molar-refractivity contribution in [1.29, 1.82) is 0 Å². The normalized spacial score (nSPS) is 10.3. The summed E-state index contributed by atoms with van der Waals surface area (Å²) in [4.78, 5) is 26.4. The molecule has 0 saturated heterocycles. The van der Waals surface area contributed by atoms with Gasteiger partial charge in [0, 0.05) is 24.5 Å². The molecule has 3 aromatic carbocycles. The second-order valence-electron chi connectivity index (χ2n) is 7.23. The van der Waals surface area contributed by atoms with Gasteiger partial charge in [0.2, 0.25) is 0 Å². The molecule has 0 bridgehead atoms. The van der Waals surface area contributed by atoms with Crippen molar-refractivity contribution in [3.8, 4) is 5.75 Å². The third kappa shape index (κ3) is 7.19. The first-order valence-electron chi connectivity index (χ1n) is 10.8. The Morgan fingerprint density at radius 1 is 0.912 bits per heavy atom. The quantitative estimate of drug-likeness (QED) is 0.357. The summed E-state index contributed by atoms with van der Waals surface area (Å²) in [6, 6.07) is 17.2. The Hall–Kier alpha value is -4.14. The van der Waals surface area contributed by atoms with E-state index in [9.17, 15) is 18.4 Å². The number of anilines is 3. The molecule has 3 rings (SSSR count). The lowest BCUT2D eigenvalue weighted by molar-refractivity contribution is 0.252. The Balaban J connectivity index is 1.55. The molecule has 0 aliphatic carbocycles. The highest BCUT2D eigenvalue weighted by Crippen LogP contribution is 2.19. The summed E-state index contributed by atoms with van der Waals surface area (Å²) < 4.78 is 32.7. The summed E-state index contributed by atoms with van der Waals surface area (Å²) in [6.07, 6.45) is 0.402. The lowest BCUT2D eigenvalue weighted by atomic mass is 10.2. The highest BCUT2D eigenvalue weighted by atomic mass is 19.1. The highest BCUT2D eigenvalue weighted by molar-refractivity contribution is 6.01. The fraction of sp³-hybridized carbons (Fsp3) is 0.200. The molecular formula is C25H26F2N4O3. The predicted molar refractivity (Wildman–Crippen MR) is 128 cm³/mol. The summed E-state index contributed by atoms with van der Waals surface area (Å²) in [7, 11) is 0. The molecule has 3 N–H and O–H groups in total. The van der Waals surface area contributed by atoms with E-state index in [1.54, 1.807) is 30.3 Å². The minimum atomic E-state index is -0.574. The van der Waals surface area contributed by atoms with Crippen LogP contribution in [0.3, 0.4) is 0 Å². The Labute approximate surface area is 196 Å². The van der Waals surface area contributed by atoms with Crippen LogP contribution in [0.15, 0.2) is 72.8 Å². The van der Waals surface area contributed by atoms with Gasteiger partial charge in [0.25, 0.3) is 0 Å². The zero-order valence-corrected chi connectivity index (χ0v) is 18.7. The van der Waals surface area contributed by atoms with Crippen LogP contribution in [0.25, 0.3) is 0 Å². The number of carbonyl (C=O) groups excluding carboxylic acids is 2. The molecule has 0 aliphatic rings. The third-order valence-electron chi connectivity index (χ3n) is 4.77. The first-order valence-corrected chi connectivity index (χ1v) is 10.8. The molecule has 0 radical (unpaired) electrons. The van der Waals surface area contributed by atoms with Crippen LogP contribution >= 0.6 is 0 Å². The van der Waals surface area contributed by atoms with Crippen molar-refractivity contribution in [2.45, 2.75) is 13.3 Å². The molecule has 0 fully saturated rings. The van der Waals surface area contributed by atoms with Gasteiger partial charge in [0.15, 0.2) is 0 Å². The Bertz CT molecular complexity index is 1090. The molecule has 4 amide bonds. The van der Waals surface area contributed by atoms with Gasteiger partial charge < -0.3 is 20.7 Å². The first kappa shape index (κ1) is 24.5. The van der Waals surface area contributed by atoms with Gasteiger partial charge in [-0.1, -0.05) is 12.1 Å². The van der Waals surface area contributed by atoms with Crippen molar-refractivity contribution in [2.24, 2.45) is 0 Å². The number of rotatable bonds is 9. The number of ether oxygens (including phenoxy) is 1. The van der Waals surface area contributed by atoms with Crippen LogP contribution in [-0.2, 0) is 0 Å². The van der Waals surface area contributed by atoms with Crippen LogP contribution in [0.1, 0.15) is 13.3 Å². The molecule has 0 atom stereocenters. The number of para-hydroxylation sites is 1. The largest absolute Gasteiger partial charge is 0.494 e. The van der Waals surface area contributed by atoms with Crippen molar-refractivity contribution < 1.29 is 23.1 Å². The van der Waals surface area contributed by atoms with E-state index in [1.165, 1.54) is 47.4 Å². The van der Waals surface area contributed by atoms with Gasteiger partial charge in [-0.25, -0.2) is 18.4 Å². The van der Waals surface area contributed by atoms with E-state index in [0.29, 0.717) is 30.2 Å².